The number of morpholine rings is 1. The fraction of sp³-hybridized carbons (Fsp3) is 0.296. The van der Waals surface area contributed by atoms with E-state index in [0.717, 1.165) is 4.90 Å². The summed E-state index contributed by atoms with van der Waals surface area (Å²) in [5, 5.41) is 29.6. The summed E-state index contributed by atoms with van der Waals surface area (Å²) in [7, 11) is 1.18. The van der Waals surface area contributed by atoms with Gasteiger partial charge in [-0.15, -0.1) is 0 Å². The number of carbonyl (C=O) groups excluding carboxylic acids is 6. The molecule has 0 unspecified atom stereocenters. The number of ether oxygens (including phenoxy) is 3. The molecule has 8 atom stereocenters. The van der Waals surface area contributed by atoms with E-state index in [1.165, 1.54) is 13.2 Å². The number of esters is 2. The number of methoxy groups -OCH3 is 1. The average Bonchev–Trinajstić information content (AvgIpc) is 3.84. The maximum atomic E-state index is 16.7. The molecule has 366 valence electrons. The second-order valence-electron chi connectivity index (χ2n) is 17.6. The Morgan fingerprint density at radius 1 is 0.845 bits per heavy atom. The Kier molecular flexibility index (Phi) is 14.8. The lowest BCUT2D eigenvalue weighted by Crippen LogP contribution is -2.58. The Morgan fingerprint density at radius 2 is 1.49 bits per heavy atom. The molecule has 1 spiro atoms. The van der Waals surface area contributed by atoms with E-state index in [9.17, 15) is 19.8 Å². The number of primary amides is 1. The molecule has 6 amide bonds. The molecular weight excluding hydrogens is 909 g/mol. The van der Waals surface area contributed by atoms with E-state index in [2.05, 4.69) is 27.8 Å². The summed E-state index contributed by atoms with van der Waals surface area (Å²) in [6.45, 7) is 2.31. The fourth-order valence-corrected chi connectivity index (χ4v) is 10.2. The summed E-state index contributed by atoms with van der Waals surface area (Å²) in [6.07, 6.45) is -2.27. The van der Waals surface area contributed by atoms with Crippen LogP contribution in [0.15, 0.2) is 133 Å². The highest BCUT2D eigenvalue weighted by molar-refractivity contribution is 6.25. The zero-order valence-corrected chi connectivity index (χ0v) is 39.2. The first-order chi connectivity index (χ1) is 34.3. The number of urea groups is 2. The van der Waals surface area contributed by atoms with Gasteiger partial charge in [-0.2, -0.15) is 0 Å². The molecular formula is C54H54N6O11. The van der Waals surface area contributed by atoms with Crippen LogP contribution >= 0.6 is 0 Å². The summed E-state index contributed by atoms with van der Waals surface area (Å²) in [5.41, 5.74) is 5.48. The number of aliphatic hydroxyl groups is 2. The average molecular weight is 963 g/mol. The van der Waals surface area contributed by atoms with E-state index >= 15 is 19.2 Å². The maximum Gasteiger partial charge on any atom is 0.329 e. The topological polar surface area (TPSA) is 239 Å². The second-order valence-corrected chi connectivity index (χ2v) is 17.6. The zero-order chi connectivity index (χ0) is 50.4. The number of imide groups is 1. The zero-order valence-electron chi connectivity index (χ0n) is 39.2. The quantitative estimate of drug-likeness (QED) is 0.0667. The lowest BCUT2D eigenvalue weighted by atomic mass is 9.65. The van der Waals surface area contributed by atoms with Gasteiger partial charge >= 0.3 is 24.0 Å². The minimum absolute atomic E-state index is 0.00523. The molecule has 0 saturated carbocycles. The van der Waals surface area contributed by atoms with E-state index in [1.54, 1.807) is 97.6 Å². The van der Waals surface area contributed by atoms with E-state index in [-0.39, 0.29) is 48.9 Å². The molecule has 17 nitrogen and oxygen atoms in total. The minimum Gasteiger partial charge on any atom is -0.491 e. The molecule has 2 fully saturated rings. The number of carbonyl (C=O) groups is 6. The Balaban J connectivity index is 1.46. The number of anilines is 1. The highest BCUT2D eigenvalue weighted by atomic mass is 16.6. The number of para-hydroxylation sites is 1. The summed E-state index contributed by atoms with van der Waals surface area (Å²) in [5.74, 6) is 0.350. The van der Waals surface area contributed by atoms with Gasteiger partial charge in [-0.1, -0.05) is 135 Å². The molecule has 0 aromatic heterocycles. The van der Waals surface area contributed by atoms with Crippen molar-refractivity contribution in [3.8, 4) is 17.6 Å². The standard InChI is InChI=1S/C54H54N6O11/c1-32(2)43(49(64)69-3)58-53(68)59-39-26-25-33(16-15-27-56-52(55)67)30-38(39)54(51(59)66)42(48(63)57-31-40(62)34-17-7-4-8-18-34)45-50(65)71-46(36-21-11-6-12-22-36)44(35-19-9-5-10-20-35)60(45)47(54)37-23-13-14-24-41(37)70-29-28-61/h4-14,17-26,30,32,40,42-47,61-62H,27-29,31H2,1-3H3,(H,57,63)(H,58,68)(H3,55,56,67)/t40-,42+,43-,44+,45+,46-,47-,54+/m0/s1. The van der Waals surface area contributed by atoms with Crippen molar-refractivity contribution in [3.63, 3.8) is 0 Å². The lowest BCUT2D eigenvalue weighted by Gasteiger charge is -2.46. The van der Waals surface area contributed by atoms with E-state index < -0.39 is 89.4 Å². The van der Waals surface area contributed by atoms with Crippen LogP contribution in [-0.4, -0.2) is 96.4 Å². The molecule has 3 aliphatic rings. The van der Waals surface area contributed by atoms with Crippen LogP contribution < -0.4 is 31.3 Å². The molecule has 0 radical (unpaired) electrons. The SMILES string of the molecule is COC(=O)[C@@H](NC(=O)N1C(=O)[C@@]2(c3cc(C#CCNC(N)=O)ccc31)[C@H](c1ccccc1OCCO)N1[C@H](c3ccccc3)[C@H](c3ccccc3)OC(=O)[C@H]1[C@@H]2C(=O)NC[C@H](O)c1ccccc1)C(C)C. The molecule has 5 aromatic rings. The van der Waals surface area contributed by atoms with E-state index in [4.69, 9.17) is 19.9 Å². The highest BCUT2D eigenvalue weighted by Crippen LogP contribution is 2.66. The van der Waals surface area contributed by atoms with Crippen LogP contribution in [0.25, 0.3) is 0 Å². The van der Waals surface area contributed by atoms with Gasteiger partial charge in [0, 0.05) is 17.7 Å². The van der Waals surface area contributed by atoms with Gasteiger partial charge in [0.25, 0.3) is 0 Å². The smallest absolute Gasteiger partial charge is 0.329 e. The number of amides is 6. The number of cyclic esters (lactones) is 1. The van der Waals surface area contributed by atoms with Crippen molar-refractivity contribution in [2.24, 2.45) is 17.6 Å². The summed E-state index contributed by atoms with van der Waals surface area (Å²) < 4.78 is 17.9. The van der Waals surface area contributed by atoms with Gasteiger partial charge in [-0.3, -0.25) is 19.3 Å². The van der Waals surface area contributed by atoms with Crippen molar-refractivity contribution >= 4 is 41.5 Å². The van der Waals surface area contributed by atoms with Crippen molar-refractivity contribution < 1.29 is 53.2 Å². The first-order valence-electron chi connectivity index (χ1n) is 23.1. The van der Waals surface area contributed by atoms with Crippen LogP contribution in [0.5, 0.6) is 5.75 Å². The van der Waals surface area contributed by atoms with Crippen LogP contribution in [0.4, 0.5) is 15.3 Å². The van der Waals surface area contributed by atoms with Crippen LogP contribution in [0.3, 0.4) is 0 Å². The first-order valence-corrected chi connectivity index (χ1v) is 23.1. The third-order valence-electron chi connectivity index (χ3n) is 13.1. The largest absolute Gasteiger partial charge is 0.491 e. The lowest BCUT2D eigenvalue weighted by molar-refractivity contribution is -0.178. The normalized spacial score (nSPS) is 22.0. The number of nitrogens with two attached hydrogens (primary N) is 1. The van der Waals surface area contributed by atoms with Crippen LogP contribution in [0.2, 0.25) is 0 Å². The van der Waals surface area contributed by atoms with Gasteiger partial charge in [0.1, 0.15) is 36.0 Å². The van der Waals surface area contributed by atoms with Gasteiger partial charge in [0.15, 0.2) is 0 Å². The number of nitrogens with zero attached hydrogens (tertiary/aromatic N) is 2. The van der Waals surface area contributed by atoms with Crippen molar-refractivity contribution in [1.29, 1.82) is 0 Å². The molecule has 71 heavy (non-hydrogen) atoms. The summed E-state index contributed by atoms with van der Waals surface area (Å²) in [6, 6.07) is 31.3. The number of benzene rings is 5. The number of hydrogen-bond acceptors (Lipinski definition) is 12. The highest BCUT2D eigenvalue weighted by Gasteiger charge is 2.76. The van der Waals surface area contributed by atoms with Gasteiger partial charge < -0.3 is 46.1 Å². The van der Waals surface area contributed by atoms with Crippen molar-refractivity contribution in [3.05, 3.63) is 167 Å². The fourth-order valence-electron chi connectivity index (χ4n) is 10.2. The molecule has 0 bridgehead atoms. The molecule has 3 heterocycles. The maximum absolute atomic E-state index is 16.7. The monoisotopic (exact) mass is 962 g/mol. The molecule has 17 heteroatoms. The van der Waals surface area contributed by atoms with Crippen molar-refractivity contribution in [2.45, 2.75) is 55.6 Å². The number of rotatable bonds is 14. The Morgan fingerprint density at radius 3 is 2.14 bits per heavy atom. The van der Waals surface area contributed by atoms with E-state index in [0.29, 0.717) is 22.3 Å². The summed E-state index contributed by atoms with van der Waals surface area (Å²) >= 11 is 0. The third-order valence-corrected chi connectivity index (χ3v) is 13.1. The molecule has 2 saturated heterocycles. The van der Waals surface area contributed by atoms with Crippen LogP contribution in [-0.2, 0) is 34.1 Å². The Bertz CT molecular complexity index is 2860. The first kappa shape index (κ1) is 49.4. The third kappa shape index (κ3) is 9.40. The number of aliphatic hydroxyl groups excluding tert-OH is 2. The minimum atomic E-state index is -2.28. The number of nitrogens with one attached hydrogen (secondary N) is 3. The van der Waals surface area contributed by atoms with Gasteiger partial charge in [0.05, 0.1) is 50.1 Å². The van der Waals surface area contributed by atoms with Crippen molar-refractivity contribution in [1.82, 2.24) is 20.9 Å². The summed E-state index contributed by atoms with van der Waals surface area (Å²) in [4.78, 5) is 90.5. The molecule has 7 N–H and O–H groups in total. The molecule has 0 aliphatic carbocycles. The van der Waals surface area contributed by atoms with E-state index in [1.807, 2.05) is 48.5 Å². The van der Waals surface area contributed by atoms with Gasteiger partial charge in [-0.25, -0.2) is 19.3 Å². The van der Waals surface area contributed by atoms with Crippen LogP contribution in [0.1, 0.15) is 71.5 Å². The van der Waals surface area contributed by atoms with Crippen molar-refractivity contribution in [2.75, 3.05) is 38.3 Å². The van der Waals surface area contributed by atoms with Gasteiger partial charge in [-0.05, 0) is 52.4 Å². The Hall–Kier alpha value is -8.04. The molecule has 5 aromatic carbocycles. The van der Waals surface area contributed by atoms with Gasteiger partial charge in [0.2, 0.25) is 11.8 Å². The predicted molar refractivity (Wildman–Crippen MR) is 259 cm³/mol. The second kappa shape index (κ2) is 21.3. The number of fused-ring (bicyclic) bond motifs is 3. The molecule has 8 rings (SSSR count). The van der Waals surface area contributed by atoms with Crippen LogP contribution in [0, 0.1) is 23.7 Å². The number of hydrogen-bond donors (Lipinski definition) is 6. The molecule has 3 aliphatic heterocycles. The predicted octanol–water partition coefficient (Wildman–Crippen LogP) is 4.50. The Labute approximate surface area is 410 Å².